The van der Waals surface area contributed by atoms with E-state index in [2.05, 4.69) is 0 Å². The van der Waals surface area contributed by atoms with Gasteiger partial charge in [0.15, 0.2) is 0 Å². The van der Waals surface area contributed by atoms with Crippen molar-refractivity contribution in [3.05, 3.63) is 10.1 Å². The van der Waals surface area contributed by atoms with Crippen molar-refractivity contribution in [2.75, 3.05) is 0 Å². The van der Waals surface area contributed by atoms with Gasteiger partial charge in [-0.25, -0.2) is 0 Å². The summed E-state index contributed by atoms with van der Waals surface area (Å²) in [5.41, 5.74) is 0. The molecule has 0 saturated heterocycles. The minimum absolute atomic E-state index is 0.356. The van der Waals surface area contributed by atoms with Crippen molar-refractivity contribution in [3.8, 4) is 0 Å². The maximum atomic E-state index is 5.70. The number of hydrogen-bond donors (Lipinski definition) is 0. The van der Waals surface area contributed by atoms with Crippen LogP contribution in [0.3, 0.4) is 0 Å². The topological polar surface area (TPSA) is 0 Å². The molecular formula is C6H10Cl2. The van der Waals surface area contributed by atoms with Crippen molar-refractivity contribution in [3.63, 3.8) is 0 Å². The summed E-state index contributed by atoms with van der Waals surface area (Å²) in [5.74, 6) is 0.356. The van der Waals surface area contributed by atoms with Crippen LogP contribution in [-0.4, -0.2) is 0 Å². The third kappa shape index (κ3) is 2.58. The zero-order chi connectivity index (χ0) is 6.73. The average molecular weight is 153 g/mol. The molecule has 0 aromatic heterocycles. The van der Waals surface area contributed by atoms with Gasteiger partial charge in [0.2, 0.25) is 0 Å². The molecule has 0 fully saturated rings. The summed E-state index contributed by atoms with van der Waals surface area (Å²) in [6, 6.07) is 0. The van der Waals surface area contributed by atoms with Crippen LogP contribution in [0.2, 0.25) is 0 Å². The zero-order valence-corrected chi connectivity index (χ0v) is 6.85. The summed E-state index contributed by atoms with van der Waals surface area (Å²) < 4.78 is 0. The number of halogens is 2. The molecule has 0 aliphatic rings. The first-order valence-electron chi connectivity index (χ1n) is 2.57. The SMILES string of the molecule is CC(Cl)=C(Cl)C(C)C. The second-order valence-electron chi connectivity index (χ2n) is 2.04. The largest absolute Gasteiger partial charge is 0.0882 e. The van der Waals surface area contributed by atoms with Gasteiger partial charge < -0.3 is 0 Å². The molecule has 0 aromatic rings. The van der Waals surface area contributed by atoms with Crippen molar-refractivity contribution in [1.29, 1.82) is 0 Å². The fourth-order valence-electron chi connectivity index (χ4n) is 0.398. The van der Waals surface area contributed by atoms with Crippen LogP contribution in [-0.2, 0) is 0 Å². The lowest BCUT2D eigenvalue weighted by Crippen LogP contribution is -1.85. The fourth-order valence-corrected chi connectivity index (χ4v) is 0.616. The van der Waals surface area contributed by atoms with Crippen molar-refractivity contribution < 1.29 is 0 Å². The van der Waals surface area contributed by atoms with Gasteiger partial charge >= 0.3 is 0 Å². The molecule has 8 heavy (non-hydrogen) atoms. The van der Waals surface area contributed by atoms with E-state index in [0.717, 1.165) is 5.03 Å². The van der Waals surface area contributed by atoms with Gasteiger partial charge in [-0.3, -0.25) is 0 Å². The van der Waals surface area contributed by atoms with E-state index in [1.54, 1.807) is 6.92 Å². The highest BCUT2D eigenvalue weighted by atomic mass is 35.5. The molecule has 0 aliphatic heterocycles. The fraction of sp³-hybridized carbons (Fsp3) is 0.667. The second kappa shape index (κ2) is 3.37. The molecule has 0 atom stereocenters. The summed E-state index contributed by atoms with van der Waals surface area (Å²) >= 11 is 11.3. The Labute approximate surface area is 60.5 Å². The van der Waals surface area contributed by atoms with Gasteiger partial charge in [0, 0.05) is 10.1 Å². The van der Waals surface area contributed by atoms with E-state index in [-0.39, 0.29) is 0 Å². The summed E-state index contributed by atoms with van der Waals surface area (Å²) in [5, 5.41) is 1.45. The average Bonchev–Trinajstić information content (AvgIpc) is 1.64. The van der Waals surface area contributed by atoms with Gasteiger partial charge in [-0.15, -0.1) is 0 Å². The molecule has 0 rings (SSSR count). The Balaban J connectivity index is 4.00. The van der Waals surface area contributed by atoms with Crippen LogP contribution in [0.1, 0.15) is 20.8 Å². The molecule has 0 nitrogen and oxygen atoms in total. The van der Waals surface area contributed by atoms with Gasteiger partial charge in [0.25, 0.3) is 0 Å². The molecule has 48 valence electrons. The third-order valence-electron chi connectivity index (χ3n) is 0.836. The minimum atomic E-state index is 0.356. The van der Waals surface area contributed by atoms with Crippen LogP contribution in [0.5, 0.6) is 0 Å². The van der Waals surface area contributed by atoms with Crippen molar-refractivity contribution >= 4 is 23.2 Å². The molecule has 0 radical (unpaired) electrons. The highest BCUT2D eigenvalue weighted by Crippen LogP contribution is 2.20. The van der Waals surface area contributed by atoms with Gasteiger partial charge in [-0.1, -0.05) is 37.0 Å². The normalized spacial score (nSPS) is 14.2. The highest BCUT2D eigenvalue weighted by Gasteiger charge is 2.00. The first-order chi connectivity index (χ1) is 3.55. The lowest BCUT2D eigenvalue weighted by molar-refractivity contribution is 0.809. The number of allylic oxidation sites excluding steroid dienone is 2. The van der Waals surface area contributed by atoms with E-state index in [1.807, 2.05) is 13.8 Å². The standard InChI is InChI=1S/C6H10Cl2/c1-4(2)6(8)5(3)7/h4H,1-3H3. The Kier molecular flexibility index (Phi) is 3.50. The first kappa shape index (κ1) is 8.32. The number of hydrogen-bond acceptors (Lipinski definition) is 0. The lowest BCUT2D eigenvalue weighted by atomic mass is 10.2. The minimum Gasteiger partial charge on any atom is -0.0882 e. The van der Waals surface area contributed by atoms with Gasteiger partial charge in [0.05, 0.1) is 0 Å². The van der Waals surface area contributed by atoms with Crippen LogP contribution >= 0.6 is 23.2 Å². The zero-order valence-electron chi connectivity index (χ0n) is 5.33. The van der Waals surface area contributed by atoms with Crippen molar-refractivity contribution in [1.82, 2.24) is 0 Å². The maximum Gasteiger partial charge on any atom is 0.0348 e. The summed E-state index contributed by atoms with van der Waals surface area (Å²) in [4.78, 5) is 0. The monoisotopic (exact) mass is 152 g/mol. The van der Waals surface area contributed by atoms with E-state index in [1.165, 1.54) is 0 Å². The van der Waals surface area contributed by atoms with Crippen LogP contribution < -0.4 is 0 Å². The molecular weight excluding hydrogens is 143 g/mol. The van der Waals surface area contributed by atoms with Crippen LogP contribution in [0.4, 0.5) is 0 Å². The predicted octanol–water partition coefficient (Wildman–Crippen LogP) is 3.35. The van der Waals surface area contributed by atoms with Crippen LogP contribution in [0.15, 0.2) is 10.1 Å². The highest BCUT2D eigenvalue weighted by molar-refractivity contribution is 6.39. The summed E-state index contributed by atoms with van der Waals surface area (Å²) in [6.07, 6.45) is 0. The van der Waals surface area contributed by atoms with Gasteiger partial charge in [-0.2, -0.15) is 0 Å². The smallest absolute Gasteiger partial charge is 0.0348 e. The van der Waals surface area contributed by atoms with Crippen LogP contribution in [0, 0.1) is 5.92 Å². The molecule has 0 aliphatic carbocycles. The second-order valence-corrected chi connectivity index (χ2v) is 3.01. The van der Waals surface area contributed by atoms with Crippen LogP contribution in [0.25, 0.3) is 0 Å². The van der Waals surface area contributed by atoms with E-state index < -0.39 is 0 Å². The van der Waals surface area contributed by atoms with E-state index in [4.69, 9.17) is 23.2 Å². The maximum absolute atomic E-state index is 5.70. The van der Waals surface area contributed by atoms with Crippen molar-refractivity contribution in [2.45, 2.75) is 20.8 Å². The molecule has 2 heteroatoms. The molecule has 0 aromatic carbocycles. The molecule has 0 N–H and O–H groups in total. The molecule has 0 amide bonds. The Morgan fingerprint density at radius 1 is 1.25 bits per heavy atom. The first-order valence-corrected chi connectivity index (χ1v) is 3.33. The van der Waals surface area contributed by atoms with E-state index >= 15 is 0 Å². The quantitative estimate of drug-likeness (QED) is 0.541. The molecule has 0 bridgehead atoms. The Morgan fingerprint density at radius 3 is 1.62 bits per heavy atom. The Bertz CT molecular complexity index is 99.1. The summed E-state index contributed by atoms with van der Waals surface area (Å²) in [6.45, 7) is 5.81. The van der Waals surface area contributed by atoms with Gasteiger partial charge in [0.1, 0.15) is 0 Å². The predicted molar refractivity (Wildman–Crippen MR) is 39.2 cm³/mol. The van der Waals surface area contributed by atoms with Gasteiger partial charge in [-0.05, 0) is 12.8 Å². The third-order valence-corrected chi connectivity index (χ3v) is 1.86. The Hall–Kier alpha value is 0.320. The lowest BCUT2D eigenvalue weighted by Gasteiger charge is -2.01. The molecule has 0 saturated carbocycles. The van der Waals surface area contributed by atoms with Crippen molar-refractivity contribution in [2.24, 2.45) is 5.92 Å². The molecule has 0 spiro atoms. The summed E-state index contributed by atoms with van der Waals surface area (Å²) in [7, 11) is 0. The Morgan fingerprint density at radius 2 is 1.62 bits per heavy atom. The van der Waals surface area contributed by atoms with E-state index in [9.17, 15) is 0 Å². The van der Waals surface area contributed by atoms with E-state index in [0.29, 0.717) is 11.0 Å². The molecule has 0 heterocycles. The molecule has 0 unspecified atom stereocenters. The number of rotatable bonds is 1.